The number of aliphatic hydroxyl groups is 1. The van der Waals surface area contributed by atoms with Crippen molar-refractivity contribution in [3.63, 3.8) is 0 Å². The lowest BCUT2D eigenvalue weighted by atomic mass is 9.99. The lowest BCUT2D eigenvalue weighted by Crippen LogP contribution is -2.41. The monoisotopic (exact) mass is 331 g/mol. The molecule has 1 aromatic heterocycles. The standard InChI is InChI=1S/C18H21NO3S/c20-12-14-5-4-9-19(11-14)18(21)17-15(8-10-22-17)13-23-16-6-2-1-3-7-16/h1-3,6-8,10,14,20H,4-5,9,11-13H2. The molecule has 0 saturated carbocycles. The zero-order valence-electron chi connectivity index (χ0n) is 13.0. The Labute approximate surface area is 140 Å². The summed E-state index contributed by atoms with van der Waals surface area (Å²) in [5.41, 5.74) is 0.926. The van der Waals surface area contributed by atoms with Crippen LogP contribution in [0.1, 0.15) is 29.0 Å². The minimum Gasteiger partial charge on any atom is -0.459 e. The Morgan fingerprint density at radius 3 is 2.91 bits per heavy atom. The van der Waals surface area contributed by atoms with Crippen LogP contribution in [0.4, 0.5) is 0 Å². The van der Waals surface area contributed by atoms with Crippen molar-refractivity contribution in [2.45, 2.75) is 23.5 Å². The van der Waals surface area contributed by atoms with Gasteiger partial charge >= 0.3 is 0 Å². The summed E-state index contributed by atoms with van der Waals surface area (Å²) in [6, 6.07) is 12.0. The smallest absolute Gasteiger partial charge is 0.289 e. The number of thioether (sulfide) groups is 1. The number of hydrogen-bond acceptors (Lipinski definition) is 4. The maximum atomic E-state index is 12.7. The third kappa shape index (κ3) is 3.98. The number of nitrogens with zero attached hydrogens (tertiary/aromatic N) is 1. The van der Waals surface area contributed by atoms with Crippen molar-refractivity contribution >= 4 is 17.7 Å². The zero-order chi connectivity index (χ0) is 16.1. The summed E-state index contributed by atoms with van der Waals surface area (Å²) >= 11 is 1.69. The lowest BCUT2D eigenvalue weighted by molar-refractivity contribution is 0.0589. The van der Waals surface area contributed by atoms with Crippen LogP contribution in [0.3, 0.4) is 0 Å². The van der Waals surface area contributed by atoms with E-state index in [1.165, 1.54) is 4.90 Å². The van der Waals surface area contributed by atoms with Crippen LogP contribution in [0.5, 0.6) is 0 Å². The largest absolute Gasteiger partial charge is 0.459 e. The van der Waals surface area contributed by atoms with E-state index in [1.807, 2.05) is 24.3 Å². The molecule has 0 radical (unpaired) electrons. The minimum absolute atomic E-state index is 0.0585. The van der Waals surface area contributed by atoms with Crippen LogP contribution in [0, 0.1) is 5.92 Å². The SMILES string of the molecule is O=C(c1occc1CSc1ccccc1)N1CCCC(CO)C1. The van der Waals surface area contributed by atoms with Crippen LogP contribution < -0.4 is 0 Å². The fraction of sp³-hybridized carbons (Fsp3) is 0.389. The highest BCUT2D eigenvalue weighted by Crippen LogP contribution is 2.26. The molecule has 23 heavy (non-hydrogen) atoms. The molecule has 3 rings (SSSR count). The molecule has 5 heteroatoms. The Bertz CT molecular complexity index is 641. The zero-order valence-corrected chi connectivity index (χ0v) is 13.8. The Hall–Kier alpha value is -1.72. The van der Waals surface area contributed by atoms with E-state index in [4.69, 9.17) is 4.42 Å². The molecule has 0 bridgehead atoms. The van der Waals surface area contributed by atoms with E-state index >= 15 is 0 Å². The highest BCUT2D eigenvalue weighted by Gasteiger charge is 2.27. The number of rotatable bonds is 5. The number of amides is 1. The number of likely N-dealkylation sites (tertiary alicyclic amines) is 1. The van der Waals surface area contributed by atoms with Gasteiger partial charge in [0, 0.05) is 35.9 Å². The molecule has 122 valence electrons. The number of aliphatic hydroxyl groups excluding tert-OH is 1. The Balaban J connectivity index is 1.66. The molecular formula is C18H21NO3S. The van der Waals surface area contributed by atoms with E-state index in [9.17, 15) is 9.90 Å². The van der Waals surface area contributed by atoms with Crippen molar-refractivity contribution in [1.82, 2.24) is 4.90 Å². The molecule has 1 unspecified atom stereocenters. The van der Waals surface area contributed by atoms with Crippen molar-refractivity contribution in [3.05, 3.63) is 54.0 Å². The molecule has 1 aliphatic heterocycles. The molecule has 1 fully saturated rings. The minimum atomic E-state index is -0.0585. The third-order valence-electron chi connectivity index (χ3n) is 4.14. The van der Waals surface area contributed by atoms with Crippen LogP contribution >= 0.6 is 11.8 Å². The van der Waals surface area contributed by atoms with Gasteiger partial charge < -0.3 is 14.4 Å². The number of carbonyl (C=O) groups is 1. The molecule has 2 aromatic rings. The number of carbonyl (C=O) groups excluding carboxylic acids is 1. The quantitative estimate of drug-likeness (QED) is 0.853. The molecular weight excluding hydrogens is 310 g/mol. The van der Waals surface area contributed by atoms with Crippen molar-refractivity contribution < 1.29 is 14.3 Å². The molecule has 1 atom stereocenters. The first-order valence-corrected chi connectivity index (χ1v) is 8.91. The van der Waals surface area contributed by atoms with Crippen LogP contribution in [0.15, 0.2) is 52.0 Å². The summed E-state index contributed by atoms with van der Waals surface area (Å²) in [5.74, 6) is 1.27. The number of benzene rings is 1. The van der Waals surface area contributed by atoms with Gasteiger partial charge in [0.15, 0.2) is 5.76 Å². The van der Waals surface area contributed by atoms with Gasteiger partial charge in [-0.2, -0.15) is 0 Å². The molecule has 1 saturated heterocycles. The van der Waals surface area contributed by atoms with Gasteiger partial charge in [0.25, 0.3) is 5.91 Å². The predicted molar refractivity (Wildman–Crippen MR) is 90.4 cm³/mol. The second kappa shape index (κ2) is 7.70. The normalized spacial score (nSPS) is 18.1. The van der Waals surface area contributed by atoms with Gasteiger partial charge in [-0.3, -0.25) is 4.79 Å². The number of piperidine rings is 1. The molecule has 1 amide bonds. The molecule has 2 heterocycles. The number of furan rings is 1. The molecule has 1 N–H and O–H groups in total. The summed E-state index contributed by atoms with van der Waals surface area (Å²) in [6.07, 6.45) is 3.50. The van der Waals surface area contributed by atoms with Crippen molar-refractivity contribution in [2.24, 2.45) is 5.92 Å². The first kappa shape index (κ1) is 16.1. The average Bonchev–Trinajstić information content (AvgIpc) is 3.09. The lowest BCUT2D eigenvalue weighted by Gasteiger charge is -2.31. The highest BCUT2D eigenvalue weighted by molar-refractivity contribution is 7.98. The van der Waals surface area contributed by atoms with Gasteiger partial charge in [-0.1, -0.05) is 18.2 Å². The van der Waals surface area contributed by atoms with Gasteiger partial charge in [0.2, 0.25) is 0 Å². The second-order valence-electron chi connectivity index (χ2n) is 5.82. The first-order valence-electron chi connectivity index (χ1n) is 7.92. The maximum Gasteiger partial charge on any atom is 0.289 e. The molecule has 0 spiro atoms. The Kier molecular flexibility index (Phi) is 5.41. The van der Waals surface area contributed by atoms with Crippen molar-refractivity contribution in [2.75, 3.05) is 19.7 Å². The Morgan fingerprint density at radius 1 is 1.30 bits per heavy atom. The fourth-order valence-corrected chi connectivity index (χ4v) is 3.76. The molecule has 4 nitrogen and oxygen atoms in total. The summed E-state index contributed by atoms with van der Waals surface area (Å²) in [4.78, 5) is 15.7. The van der Waals surface area contributed by atoms with E-state index in [0.717, 1.165) is 24.9 Å². The van der Waals surface area contributed by atoms with E-state index in [-0.39, 0.29) is 18.4 Å². The predicted octanol–water partition coefficient (Wildman–Crippen LogP) is 3.42. The molecule has 0 aliphatic carbocycles. The van der Waals surface area contributed by atoms with Gasteiger partial charge in [-0.05, 0) is 37.0 Å². The van der Waals surface area contributed by atoms with Crippen LogP contribution in [-0.2, 0) is 5.75 Å². The molecule has 1 aliphatic rings. The summed E-state index contributed by atoms with van der Waals surface area (Å²) in [5, 5.41) is 9.32. The van der Waals surface area contributed by atoms with E-state index in [2.05, 4.69) is 12.1 Å². The maximum absolute atomic E-state index is 12.7. The Morgan fingerprint density at radius 2 is 2.13 bits per heavy atom. The van der Waals surface area contributed by atoms with Gasteiger partial charge in [-0.25, -0.2) is 0 Å². The van der Waals surface area contributed by atoms with E-state index in [0.29, 0.717) is 18.1 Å². The van der Waals surface area contributed by atoms with Crippen LogP contribution in [0.25, 0.3) is 0 Å². The first-order chi connectivity index (χ1) is 11.3. The highest BCUT2D eigenvalue weighted by atomic mass is 32.2. The summed E-state index contributed by atoms with van der Waals surface area (Å²) in [6.45, 7) is 1.49. The van der Waals surface area contributed by atoms with Gasteiger partial charge in [0.05, 0.1) is 6.26 Å². The summed E-state index contributed by atoms with van der Waals surface area (Å²) < 4.78 is 5.47. The average molecular weight is 331 g/mol. The van der Waals surface area contributed by atoms with Gasteiger partial charge in [-0.15, -0.1) is 11.8 Å². The fourth-order valence-electron chi connectivity index (χ4n) is 2.86. The summed E-state index contributed by atoms with van der Waals surface area (Å²) in [7, 11) is 0. The third-order valence-corrected chi connectivity index (χ3v) is 5.20. The van der Waals surface area contributed by atoms with E-state index in [1.54, 1.807) is 22.9 Å². The van der Waals surface area contributed by atoms with Gasteiger partial charge in [0.1, 0.15) is 0 Å². The topological polar surface area (TPSA) is 53.7 Å². The van der Waals surface area contributed by atoms with Crippen molar-refractivity contribution in [1.29, 1.82) is 0 Å². The van der Waals surface area contributed by atoms with E-state index < -0.39 is 0 Å². The van der Waals surface area contributed by atoms with Crippen molar-refractivity contribution in [3.8, 4) is 0 Å². The second-order valence-corrected chi connectivity index (χ2v) is 6.87. The van der Waals surface area contributed by atoms with Crippen LogP contribution in [-0.4, -0.2) is 35.6 Å². The van der Waals surface area contributed by atoms with Crippen LogP contribution in [0.2, 0.25) is 0 Å². The molecule has 1 aromatic carbocycles. The number of hydrogen-bond donors (Lipinski definition) is 1.